The Kier molecular flexibility index (Phi) is 3.92. The number of sulfonamides is 1. The van der Waals surface area contributed by atoms with E-state index in [9.17, 15) is 12.8 Å². The Morgan fingerprint density at radius 1 is 1.12 bits per heavy atom. The van der Waals surface area contributed by atoms with Gasteiger partial charge in [0.15, 0.2) is 5.76 Å². The predicted octanol–water partition coefficient (Wildman–Crippen LogP) is 3.80. The molecule has 0 aliphatic heterocycles. The summed E-state index contributed by atoms with van der Waals surface area (Å²) in [4.78, 5) is 0. The standard InChI is InChI=1S/C16H15FN2O4S/c1-9-8-12(17)4-5-13(9)19-24(20,21)15-7-6-14(22-15)16-10(2)11(3)18-23-16/h4-8,19H,1-3H3. The number of benzene rings is 1. The van der Waals surface area contributed by atoms with E-state index < -0.39 is 15.8 Å². The fraction of sp³-hybridized carbons (Fsp3) is 0.188. The number of aryl methyl sites for hydroxylation is 2. The van der Waals surface area contributed by atoms with E-state index in [0.29, 0.717) is 17.0 Å². The zero-order valence-corrected chi connectivity index (χ0v) is 14.1. The molecular formula is C16H15FN2O4S. The molecule has 0 aliphatic rings. The van der Waals surface area contributed by atoms with E-state index in [2.05, 4.69) is 9.88 Å². The van der Waals surface area contributed by atoms with Crippen molar-refractivity contribution in [2.75, 3.05) is 4.72 Å². The third-order valence-electron chi connectivity index (χ3n) is 3.66. The molecule has 2 heterocycles. The molecule has 0 bridgehead atoms. The van der Waals surface area contributed by atoms with Crippen LogP contribution in [0.3, 0.4) is 0 Å². The van der Waals surface area contributed by atoms with Crippen LogP contribution in [-0.4, -0.2) is 13.6 Å². The maximum absolute atomic E-state index is 13.1. The van der Waals surface area contributed by atoms with Crippen LogP contribution in [-0.2, 0) is 10.0 Å². The van der Waals surface area contributed by atoms with Crippen molar-refractivity contribution in [3.8, 4) is 11.5 Å². The Morgan fingerprint density at radius 3 is 2.50 bits per heavy atom. The third kappa shape index (κ3) is 2.92. The number of furan rings is 1. The zero-order chi connectivity index (χ0) is 17.5. The van der Waals surface area contributed by atoms with Crippen LogP contribution in [0.5, 0.6) is 0 Å². The molecule has 0 unspecified atom stereocenters. The molecule has 0 amide bonds. The highest BCUT2D eigenvalue weighted by Gasteiger charge is 2.22. The van der Waals surface area contributed by atoms with Crippen LogP contribution in [0.4, 0.5) is 10.1 Å². The highest BCUT2D eigenvalue weighted by molar-refractivity contribution is 7.92. The number of hydrogen-bond acceptors (Lipinski definition) is 5. The number of nitrogens with one attached hydrogen (secondary N) is 1. The van der Waals surface area contributed by atoms with Crippen molar-refractivity contribution in [2.24, 2.45) is 0 Å². The van der Waals surface area contributed by atoms with Crippen LogP contribution in [0.1, 0.15) is 16.8 Å². The smallest absolute Gasteiger partial charge is 0.295 e. The summed E-state index contributed by atoms with van der Waals surface area (Å²) in [5.41, 5.74) is 2.22. The van der Waals surface area contributed by atoms with Gasteiger partial charge in [-0.1, -0.05) is 5.16 Å². The molecule has 3 rings (SSSR count). The van der Waals surface area contributed by atoms with Crippen molar-refractivity contribution in [1.82, 2.24) is 5.16 Å². The third-order valence-corrected chi connectivity index (χ3v) is 4.90. The van der Waals surface area contributed by atoms with E-state index in [-0.39, 0.29) is 16.5 Å². The predicted molar refractivity (Wildman–Crippen MR) is 85.6 cm³/mol. The summed E-state index contributed by atoms with van der Waals surface area (Å²) in [5, 5.41) is 3.55. The summed E-state index contributed by atoms with van der Waals surface area (Å²) in [6.45, 7) is 5.19. The molecule has 0 saturated heterocycles. The number of rotatable bonds is 4. The van der Waals surface area contributed by atoms with Crippen molar-refractivity contribution < 1.29 is 21.7 Å². The molecule has 126 valence electrons. The van der Waals surface area contributed by atoms with E-state index >= 15 is 0 Å². The van der Waals surface area contributed by atoms with Gasteiger partial charge >= 0.3 is 0 Å². The molecule has 0 spiro atoms. The van der Waals surface area contributed by atoms with Gasteiger partial charge in [0.2, 0.25) is 10.9 Å². The second kappa shape index (κ2) is 5.79. The van der Waals surface area contributed by atoms with Crippen molar-refractivity contribution in [1.29, 1.82) is 0 Å². The van der Waals surface area contributed by atoms with E-state index in [0.717, 1.165) is 5.56 Å². The second-order valence-electron chi connectivity index (χ2n) is 5.41. The minimum atomic E-state index is -3.94. The Bertz CT molecular complexity index is 1010. The SMILES string of the molecule is Cc1cc(F)ccc1NS(=O)(=O)c1ccc(-c2onc(C)c2C)o1. The van der Waals surface area contributed by atoms with E-state index in [1.807, 2.05) is 0 Å². The van der Waals surface area contributed by atoms with Gasteiger partial charge in [-0.3, -0.25) is 4.72 Å². The minimum Gasteiger partial charge on any atom is -0.439 e. The van der Waals surface area contributed by atoms with Crippen LogP contribution >= 0.6 is 0 Å². The lowest BCUT2D eigenvalue weighted by atomic mass is 10.2. The fourth-order valence-corrected chi connectivity index (χ4v) is 3.23. The van der Waals surface area contributed by atoms with E-state index in [4.69, 9.17) is 8.94 Å². The first-order valence-corrected chi connectivity index (χ1v) is 8.58. The minimum absolute atomic E-state index is 0.268. The molecule has 6 nitrogen and oxygen atoms in total. The Hall–Kier alpha value is -2.61. The van der Waals surface area contributed by atoms with Crippen LogP contribution in [0.15, 0.2) is 44.4 Å². The number of hydrogen-bond donors (Lipinski definition) is 1. The monoisotopic (exact) mass is 350 g/mol. The number of nitrogens with zero attached hydrogens (tertiary/aromatic N) is 1. The van der Waals surface area contributed by atoms with Gasteiger partial charge in [-0.15, -0.1) is 0 Å². The van der Waals surface area contributed by atoms with E-state index in [1.54, 1.807) is 20.8 Å². The Labute approximate surface area is 138 Å². The van der Waals surface area contributed by atoms with E-state index in [1.165, 1.54) is 30.3 Å². The normalized spacial score (nSPS) is 11.7. The molecule has 0 radical (unpaired) electrons. The van der Waals surface area contributed by atoms with Crippen LogP contribution in [0, 0.1) is 26.6 Å². The van der Waals surface area contributed by atoms with Crippen LogP contribution in [0.25, 0.3) is 11.5 Å². The van der Waals surface area contributed by atoms with Gasteiger partial charge in [0.05, 0.1) is 11.4 Å². The molecule has 0 fully saturated rings. The lowest BCUT2D eigenvalue weighted by Crippen LogP contribution is -2.13. The van der Waals surface area contributed by atoms with Gasteiger partial charge in [0.25, 0.3) is 10.0 Å². The average Bonchev–Trinajstić information content (AvgIpc) is 3.11. The number of anilines is 1. The first-order valence-electron chi connectivity index (χ1n) is 7.10. The highest BCUT2D eigenvalue weighted by Crippen LogP contribution is 2.29. The molecule has 1 N–H and O–H groups in total. The van der Waals surface area contributed by atoms with Gasteiger partial charge in [0.1, 0.15) is 5.82 Å². The summed E-state index contributed by atoms with van der Waals surface area (Å²) in [6.07, 6.45) is 0. The summed E-state index contributed by atoms with van der Waals surface area (Å²) in [7, 11) is -3.94. The topological polar surface area (TPSA) is 85.3 Å². The quantitative estimate of drug-likeness (QED) is 0.773. The lowest BCUT2D eigenvalue weighted by molar-refractivity contribution is 0.398. The fourth-order valence-electron chi connectivity index (χ4n) is 2.17. The summed E-state index contributed by atoms with van der Waals surface area (Å²) >= 11 is 0. The molecule has 3 aromatic rings. The largest absolute Gasteiger partial charge is 0.439 e. The van der Waals surface area contributed by atoms with Gasteiger partial charge in [-0.25, -0.2) is 4.39 Å². The van der Waals surface area contributed by atoms with Crippen molar-refractivity contribution in [2.45, 2.75) is 25.9 Å². The molecule has 1 aromatic carbocycles. The van der Waals surface area contributed by atoms with Gasteiger partial charge in [-0.05, 0) is 56.7 Å². The molecule has 24 heavy (non-hydrogen) atoms. The lowest BCUT2D eigenvalue weighted by Gasteiger charge is -2.08. The van der Waals surface area contributed by atoms with Gasteiger partial charge in [-0.2, -0.15) is 8.42 Å². The molecule has 0 atom stereocenters. The summed E-state index contributed by atoms with van der Waals surface area (Å²) in [6, 6.07) is 6.61. The van der Waals surface area contributed by atoms with Crippen molar-refractivity contribution >= 4 is 15.7 Å². The second-order valence-corrected chi connectivity index (χ2v) is 7.02. The molecule has 0 saturated carbocycles. The highest BCUT2D eigenvalue weighted by atomic mass is 32.2. The average molecular weight is 350 g/mol. The summed E-state index contributed by atoms with van der Waals surface area (Å²) < 4.78 is 50.9. The van der Waals surface area contributed by atoms with Gasteiger partial charge < -0.3 is 8.94 Å². The van der Waals surface area contributed by atoms with Gasteiger partial charge in [0, 0.05) is 5.56 Å². The number of halogens is 1. The summed E-state index contributed by atoms with van der Waals surface area (Å²) in [5.74, 6) is 0.211. The molecule has 2 aromatic heterocycles. The Balaban J connectivity index is 1.92. The maximum Gasteiger partial charge on any atom is 0.295 e. The maximum atomic E-state index is 13.1. The first kappa shape index (κ1) is 16.3. The van der Waals surface area contributed by atoms with Crippen LogP contribution in [0.2, 0.25) is 0 Å². The molecular weight excluding hydrogens is 335 g/mol. The van der Waals surface area contributed by atoms with Crippen molar-refractivity contribution in [3.63, 3.8) is 0 Å². The van der Waals surface area contributed by atoms with Crippen LogP contribution < -0.4 is 4.72 Å². The number of aromatic nitrogens is 1. The van der Waals surface area contributed by atoms with Crippen molar-refractivity contribution in [3.05, 3.63) is 53.0 Å². The molecule has 0 aliphatic carbocycles. The molecule has 8 heteroatoms. The Morgan fingerprint density at radius 2 is 1.88 bits per heavy atom. The first-order chi connectivity index (χ1) is 11.3. The zero-order valence-electron chi connectivity index (χ0n) is 13.3.